The number of rotatable bonds is 7. The quantitative estimate of drug-likeness (QED) is 0.213. The number of imidazole rings is 1. The van der Waals surface area contributed by atoms with Crippen LogP contribution in [0.5, 0.6) is 0 Å². The zero-order valence-electron chi connectivity index (χ0n) is 31.1. The number of carboxylic acids is 1. The zero-order chi connectivity index (χ0) is 36.7. The van der Waals surface area contributed by atoms with Crippen LogP contribution >= 0.6 is 0 Å². The predicted octanol–water partition coefficient (Wildman–Crippen LogP) is 6.92. The third-order valence-electron chi connectivity index (χ3n) is 12.3. The number of anilines is 3. The van der Waals surface area contributed by atoms with Crippen LogP contribution in [0.3, 0.4) is 0 Å². The number of benzene rings is 2. The molecule has 52 heavy (non-hydrogen) atoms. The number of aromatic nitrogens is 3. The number of likely N-dealkylation sites (tertiary alicyclic amines) is 2. The van der Waals surface area contributed by atoms with Crippen molar-refractivity contribution < 1.29 is 19.5 Å². The molecule has 11 nitrogen and oxygen atoms in total. The lowest BCUT2D eigenvalue weighted by molar-refractivity contribution is -0.134. The molecule has 4 aromatic rings. The molecule has 4 aliphatic rings. The first-order chi connectivity index (χ1) is 24.7. The minimum atomic E-state index is -0.982. The first kappa shape index (κ1) is 34.3. The molecular weight excluding hydrogens is 654 g/mol. The van der Waals surface area contributed by atoms with Crippen molar-refractivity contribution in [2.75, 3.05) is 36.4 Å². The Labute approximate surface area is 305 Å². The van der Waals surface area contributed by atoms with Crippen LogP contribution < -0.4 is 10.2 Å². The van der Waals surface area contributed by atoms with E-state index in [0.717, 1.165) is 53.8 Å². The Balaban J connectivity index is 1.19. The van der Waals surface area contributed by atoms with Gasteiger partial charge in [0.25, 0.3) is 0 Å². The van der Waals surface area contributed by atoms with E-state index in [1.165, 1.54) is 6.42 Å². The third-order valence-corrected chi connectivity index (χ3v) is 12.3. The van der Waals surface area contributed by atoms with Crippen molar-refractivity contribution in [3.63, 3.8) is 0 Å². The van der Waals surface area contributed by atoms with Crippen molar-refractivity contribution in [3.8, 4) is 11.3 Å². The number of hydrogen-bond acceptors (Lipinski definition) is 7. The summed E-state index contributed by atoms with van der Waals surface area (Å²) < 4.78 is 2.06. The minimum absolute atomic E-state index is 0.0544. The Morgan fingerprint density at radius 1 is 0.981 bits per heavy atom. The van der Waals surface area contributed by atoms with E-state index in [2.05, 4.69) is 65.6 Å². The van der Waals surface area contributed by atoms with Gasteiger partial charge in [-0.05, 0) is 100 Å². The topological polar surface area (TPSA) is 124 Å². The Hall–Kier alpha value is -4.77. The fraction of sp³-hybridized carbons (Fsp3) is 0.488. The normalized spacial score (nSPS) is 22.3. The molecule has 2 N–H and O–H groups in total. The lowest BCUT2D eigenvalue weighted by Gasteiger charge is -2.46. The summed E-state index contributed by atoms with van der Waals surface area (Å²) in [5, 5.41) is 13.2. The number of amides is 2. The zero-order valence-corrected chi connectivity index (χ0v) is 31.1. The average molecular weight is 704 g/mol. The molecule has 2 aromatic heterocycles. The molecule has 3 aliphatic heterocycles. The molecule has 3 fully saturated rings. The predicted molar refractivity (Wildman–Crippen MR) is 202 cm³/mol. The molecule has 0 radical (unpaired) electrons. The van der Waals surface area contributed by atoms with Crippen molar-refractivity contribution in [2.45, 2.75) is 97.2 Å². The van der Waals surface area contributed by atoms with Crippen LogP contribution in [0.4, 0.5) is 17.2 Å². The van der Waals surface area contributed by atoms with Crippen molar-refractivity contribution in [2.24, 2.45) is 5.41 Å². The number of aryl methyl sites for hydroxylation is 1. The second-order valence-corrected chi connectivity index (χ2v) is 16.6. The summed E-state index contributed by atoms with van der Waals surface area (Å²) in [7, 11) is 0. The summed E-state index contributed by atoms with van der Waals surface area (Å²) >= 11 is 0. The second kappa shape index (κ2) is 12.4. The fourth-order valence-corrected chi connectivity index (χ4v) is 9.09. The van der Waals surface area contributed by atoms with E-state index in [0.29, 0.717) is 60.2 Å². The summed E-state index contributed by atoms with van der Waals surface area (Å²) in [4.78, 5) is 55.5. The first-order valence-electron chi connectivity index (χ1n) is 18.7. The van der Waals surface area contributed by atoms with Crippen LogP contribution in [0, 0.1) is 12.3 Å². The molecule has 2 aromatic carbocycles. The number of carbonyl (C=O) groups excluding carboxylic acids is 2. The molecule has 1 aliphatic carbocycles. The molecule has 2 saturated heterocycles. The van der Waals surface area contributed by atoms with Crippen LogP contribution in [0.1, 0.15) is 94.2 Å². The molecule has 11 heteroatoms. The van der Waals surface area contributed by atoms with Gasteiger partial charge >= 0.3 is 5.97 Å². The lowest BCUT2D eigenvalue weighted by Crippen LogP contribution is -2.57. The maximum atomic E-state index is 14.8. The van der Waals surface area contributed by atoms with E-state index in [-0.39, 0.29) is 29.5 Å². The highest BCUT2D eigenvalue weighted by Gasteiger charge is 2.56. The Morgan fingerprint density at radius 2 is 1.73 bits per heavy atom. The molecule has 272 valence electrons. The van der Waals surface area contributed by atoms with Crippen molar-refractivity contribution in [3.05, 3.63) is 65.5 Å². The van der Waals surface area contributed by atoms with E-state index >= 15 is 0 Å². The third kappa shape index (κ3) is 5.64. The van der Waals surface area contributed by atoms with Gasteiger partial charge < -0.3 is 24.8 Å². The Morgan fingerprint density at radius 3 is 2.38 bits per heavy atom. The number of pyridine rings is 1. The summed E-state index contributed by atoms with van der Waals surface area (Å²) in [5.41, 5.74) is 6.42. The average Bonchev–Trinajstić information content (AvgIpc) is 3.74. The lowest BCUT2D eigenvalue weighted by atomic mass is 9.73. The largest absolute Gasteiger partial charge is 0.478 e. The monoisotopic (exact) mass is 703 g/mol. The number of nitrogens with one attached hydrogen (secondary N) is 1. The smallest absolute Gasteiger partial charge is 0.336 e. The fourth-order valence-electron chi connectivity index (χ4n) is 9.09. The van der Waals surface area contributed by atoms with Crippen molar-refractivity contribution in [1.29, 1.82) is 0 Å². The molecule has 2 amide bonds. The first-order valence-corrected chi connectivity index (χ1v) is 18.7. The maximum absolute atomic E-state index is 14.8. The highest BCUT2D eigenvalue weighted by Crippen LogP contribution is 2.52. The Kier molecular flexibility index (Phi) is 8.20. The van der Waals surface area contributed by atoms with Crippen molar-refractivity contribution >= 4 is 46.0 Å². The molecule has 0 atom stereocenters. The van der Waals surface area contributed by atoms with E-state index in [9.17, 15) is 19.5 Å². The second-order valence-electron chi connectivity index (χ2n) is 16.6. The number of nitrogens with zero attached hydrogens (tertiary/aromatic N) is 6. The van der Waals surface area contributed by atoms with Gasteiger partial charge in [0.1, 0.15) is 5.52 Å². The van der Waals surface area contributed by atoms with Crippen LogP contribution in [-0.2, 0) is 15.0 Å². The van der Waals surface area contributed by atoms with E-state index in [1.807, 2.05) is 23.4 Å². The van der Waals surface area contributed by atoms with E-state index in [1.54, 1.807) is 26.0 Å². The summed E-state index contributed by atoms with van der Waals surface area (Å²) in [5.74, 6) is -0.179. The number of piperidine rings is 1. The van der Waals surface area contributed by atoms with Crippen LogP contribution in [-0.4, -0.2) is 85.5 Å². The maximum Gasteiger partial charge on any atom is 0.336 e. The van der Waals surface area contributed by atoms with Crippen LogP contribution in [0.2, 0.25) is 0 Å². The summed E-state index contributed by atoms with van der Waals surface area (Å²) in [6.45, 7) is 15.6. The number of aromatic carboxylic acids is 1. The molecule has 1 spiro atoms. The highest BCUT2D eigenvalue weighted by atomic mass is 16.4. The molecule has 8 rings (SSSR count). The van der Waals surface area contributed by atoms with E-state index in [4.69, 9.17) is 9.97 Å². The van der Waals surface area contributed by atoms with Crippen molar-refractivity contribution in [1.82, 2.24) is 24.3 Å². The van der Waals surface area contributed by atoms with Crippen LogP contribution in [0.15, 0.2) is 48.8 Å². The van der Waals surface area contributed by atoms with Gasteiger partial charge in [-0.2, -0.15) is 0 Å². The SMILES string of the molecule is CC(=O)N1CCC2(CC1)C(=O)N(C1CC(N3CCC(C)(C)C3)C1)c1cc(-c3cc4ncn(C(C)C)c4c(Nc4ccc(C)c(C(=O)O)c4)n3)ccc12. The minimum Gasteiger partial charge on any atom is -0.478 e. The summed E-state index contributed by atoms with van der Waals surface area (Å²) in [6.07, 6.45) is 6.17. The summed E-state index contributed by atoms with van der Waals surface area (Å²) in [6, 6.07) is 14.3. The number of carboxylic acid groups (broad SMARTS) is 1. The molecule has 0 bridgehead atoms. The molecular formula is C41H49N7O4. The number of carbonyl (C=O) groups is 3. The highest BCUT2D eigenvalue weighted by molar-refractivity contribution is 6.09. The van der Waals surface area contributed by atoms with Gasteiger partial charge in [0.2, 0.25) is 11.8 Å². The Bertz CT molecular complexity index is 2110. The van der Waals surface area contributed by atoms with Gasteiger partial charge in [-0.25, -0.2) is 14.8 Å². The standard InChI is InChI=1S/C41H49N7O4/c1-24(2)47-23-42-34-21-33(44-37(36(34)47)43-28-9-7-25(3)31(18-28)38(50)51)27-8-10-32-35(17-27)48(30-19-29(20-30)46-14-11-40(5,6)22-46)39(52)41(32)12-15-45(16-13-41)26(4)49/h7-10,17-18,21,23-24,29-30H,11-16,19-20,22H2,1-6H3,(H,43,44)(H,50,51). The molecule has 0 unspecified atom stereocenters. The van der Waals surface area contributed by atoms with Gasteiger partial charge in [0, 0.05) is 61.6 Å². The van der Waals surface area contributed by atoms with Gasteiger partial charge in [-0.1, -0.05) is 32.0 Å². The number of hydrogen-bond donors (Lipinski definition) is 2. The van der Waals surface area contributed by atoms with Gasteiger partial charge in [-0.3, -0.25) is 14.5 Å². The molecule has 5 heterocycles. The van der Waals surface area contributed by atoms with Gasteiger partial charge in [-0.15, -0.1) is 0 Å². The van der Waals surface area contributed by atoms with Gasteiger partial charge in [0.05, 0.1) is 28.5 Å². The molecule has 1 saturated carbocycles. The van der Waals surface area contributed by atoms with E-state index < -0.39 is 11.4 Å². The van der Waals surface area contributed by atoms with Gasteiger partial charge in [0.15, 0.2) is 5.82 Å². The number of fused-ring (bicyclic) bond motifs is 3. The van der Waals surface area contributed by atoms with Crippen LogP contribution in [0.25, 0.3) is 22.3 Å².